The fourth-order valence-corrected chi connectivity index (χ4v) is 2.09. The number of carboxylic acids is 1. The van der Waals surface area contributed by atoms with E-state index in [1.807, 2.05) is 6.92 Å². The molecule has 0 radical (unpaired) electrons. The molecule has 0 spiro atoms. The van der Waals surface area contributed by atoms with Crippen LogP contribution in [0, 0.1) is 5.92 Å². The first-order valence-electron chi connectivity index (χ1n) is 7.09. The van der Waals surface area contributed by atoms with Crippen molar-refractivity contribution in [3.05, 3.63) is 24.3 Å². The van der Waals surface area contributed by atoms with E-state index >= 15 is 0 Å². The molecule has 114 valence electrons. The number of aliphatic carboxylic acids is 1. The second kappa shape index (κ2) is 7.08. The molecule has 0 aromatic heterocycles. The van der Waals surface area contributed by atoms with Crippen LogP contribution in [0.5, 0.6) is 5.75 Å². The first kappa shape index (κ1) is 15.3. The average Bonchev–Trinajstić information content (AvgIpc) is 3.26. The lowest BCUT2D eigenvalue weighted by molar-refractivity contribution is -0.140. The van der Waals surface area contributed by atoms with Crippen LogP contribution in [0.25, 0.3) is 0 Å². The summed E-state index contributed by atoms with van der Waals surface area (Å²) in [4.78, 5) is 22.8. The molecule has 1 saturated carbocycles. The maximum Gasteiger partial charge on any atom is 0.320 e. The minimum atomic E-state index is -0.897. The normalized spacial score (nSPS) is 15.3. The zero-order chi connectivity index (χ0) is 15.2. The number of ether oxygens (including phenoxy) is 1. The fraction of sp³-hybridized carbons (Fsp3) is 0.467. The fourth-order valence-electron chi connectivity index (χ4n) is 2.09. The lowest BCUT2D eigenvalue weighted by Crippen LogP contribution is -2.42. The Labute approximate surface area is 123 Å². The molecule has 1 aliphatic carbocycles. The molecule has 0 aliphatic heterocycles. The largest absolute Gasteiger partial charge is 0.494 e. The maximum absolute atomic E-state index is 11.8. The molecule has 1 unspecified atom stereocenters. The highest BCUT2D eigenvalue weighted by Gasteiger charge is 2.36. The third kappa shape index (κ3) is 4.75. The summed E-state index contributed by atoms with van der Waals surface area (Å²) >= 11 is 0. The van der Waals surface area contributed by atoms with E-state index in [4.69, 9.17) is 9.84 Å². The Kier molecular flexibility index (Phi) is 5.16. The number of rotatable bonds is 8. The van der Waals surface area contributed by atoms with Crippen LogP contribution in [-0.2, 0) is 9.59 Å². The first-order chi connectivity index (χ1) is 10.1. The van der Waals surface area contributed by atoms with E-state index in [0.717, 1.165) is 18.6 Å². The molecule has 0 bridgehead atoms. The molecule has 1 fully saturated rings. The SMILES string of the molecule is CCOc1ccc(NC(=O)CNC(C(=O)O)C2CC2)cc1. The van der Waals surface area contributed by atoms with Gasteiger partial charge in [-0.05, 0) is 49.9 Å². The Bertz CT molecular complexity index is 497. The molecule has 1 amide bonds. The third-order valence-corrected chi connectivity index (χ3v) is 3.29. The number of carbonyl (C=O) groups is 2. The van der Waals surface area contributed by atoms with Crippen LogP contribution < -0.4 is 15.4 Å². The minimum absolute atomic E-state index is 0.0132. The summed E-state index contributed by atoms with van der Waals surface area (Å²) in [7, 11) is 0. The van der Waals surface area contributed by atoms with Gasteiger partial charge in [0.1, 0.15) is 11.8 Å². The van der Waals surface area contributed by atoms with Crippen molar-refractivity contribution in [1.29, 1.82) is 0 Å². The molecule has 2 rings (SSSR count). The van der Waals surface area contributed by atoms with Crippen LogP contribution in [0.1, 0.15) is 19.8 Å². The van der Waals surface area contributed by atoms with Crippen LogP contribution in [0.15, 0.2) is 24.3 Å². The van der Waals surface area contributed by atoms with Gasteiger partial charge in [-0.2, -0.15) is 0 Å². The van der Waals surface area contributed by atoms with Crippen molar-refractivity contribution in [2.75, 3.05) is 18.5 Å². The molecule has 6 heteroatoms. The van der Waals surface area contributed by atoms with Gasteiger partial charge in [-0.25, -0.2) is 0 Å². The zero-order valence-corrected chi connectivity index (χ0v) is 12.0. The average molecular weight is 292 g/mol. The number of anilines is 1. The van der Waals surface area contributed by atoms with Gasteiger partial charge in [-0.1, -0.05) is 0 Å². The van der Waals surface area contributed by atoms with Gasteiger partial charge in [-0.15, -0.1) is 0 Å². The summed E-state index contributed by atoms with van der Waals surface area (Å²) in [6.07, 6.45) is 1.81. The lowest BCUT2D eigenvalue weighted by Gasteiger charge is -2.13. The number of carboxylic acid groups (broad SMARTS) is 1. The molecule has 1 aliphatic rings. The first-order valence-corrected chi connectivity index (χ1v) is 7.09. The van der Waals surface area contributed by atoms with Crippen LogP contribution in [0.4, 0.5) is 5.69 Å². The number of benzene rings is 1. The number of carbonyl (C=O) groups excluding carboxylic acids is 1. The quantitative estimate of drug-likeness (QED) is 0.675. The highest BCUT2D eigenvalue weighted by molar-refractivity contribution is 5.92. The lowest BCUT2D eigenvalue weighted by atomic mass is 10.2. The monoisotopic (exact) mass is 292 g/mol. The molecule has 1 aromatic rings. The van der Waals surface area contributed by atoms with E-state index in [1.165, 1.54) is 0 Å². The second-order valence-corrected chi connectivity index (χ2v) is 5.04. The Morgan fingerprint density at radius 3 is 2.52 bits per heavy atom. The summed E-state index contributed by atoms with van der Waals surface area (Å²) in [5.74, 6) is -0.258. The van der Waals surface area contributed by atoms with Crippen molar-refractivity contribution in [2.24, 2.45) is 5.92 Å². The van der Waals surface area contributed by atoms with E-state index in [-0.39, 0.29) is 18.4 Å². The predicted molar refractivity (Wildman–Crippen MR) is 78.4 cm³/mol. The van der Waals surface area contributed by atoms with Crippen molar-refractivity contribution < 1.29 is 19.4 Å². The summed E-state index contributed by atoms with van der Waals surface area (Å²) in [5.41, 5.74) is 0.656. The Morgan fingerprint density at radius 2 is 2.00 bits per heavy atom. The van der Waals surface area contributed by atoms with E-state index in [1.54, 1.807) is 24.3 Å². The van der Waals surface area contributed by atoms with Gasteiger partial charge in [0.2, 0.25) is 5.91 Å². The van der Waals surface area contributed by atoms with Crippen LogP contribution in [-0.4, -0.2) is 36.2 Å². The Balaban J connectivity index is 1.79. The van der Waals surface area contributed by atoms with Crippen LogP contribution >= 0.6 is 0 Å². The molecule has 3 N–H and O–H groups in total. The third-order valence-electron chi connectivity index (χ3n) is 3.29. The summed E-state index contributed by atoms with van der Waals surface area (Å²) in [6, 6.07) is 6.42. The summed E-state index contributed by atoms with van der Waals surface area (Å²) in [6.45, 7) is 2.48. The molecule has 21 heavy (non-hydrogen) atoms. The van der Waals surface area contributed by atoms with Crippen molar-refractivity contribution in [3.8, 4) is 5.75 Å². The zero-order valence-electron chi connectivity index (χ0n) is 12.0. The summed E-state index contributed by atoms with van der Waals surface area (Å²) in [5, 5.41) is 14.6. The summed E-state index contributed by atoms with van der Waals surface area (Å²) < 4.78 is 5.31. The van der Waals surface area contributed by atoms with Crippen LogP contribution in [0.3, 0.4) is 0 Å². The van der Waals surface area contributed by atoms with Gasteiger partial charge in [0.25, 0.3) is 0 Å². The topological polar surface area (TPSA) is 87.7 Å². The van der Waals surface area contributed by atoms with Crippen LogP contribution in [0.2, 0.25) is 0 Å². The minimum Gasteiger partial charge on any atom is -0.494 e. The predicted octanol–water partition coefficient (Wildman–Crippen LogP) is 1.48. The van der Waals surface area contributed by atoms with Gasteiger partial charge in [0, 0.05) is 5.69 Å². The van der Waals surface area contributed by atoms with Gasteiger partial charge >= 0.3 is 5.97 Å². The second-order valence-electron chi connectivity index (χ2n) is 5.04. The van der Waals surface area contributed by atoms with Gasteiger partial charge < -0.3 is 15.2 Å². The Morgan fingerprint density at radius 1 is 1.33 bits per heavy atom. The van der Waals surface area contributed by atoms with Gasteiger partial charge in [0.05, 0.1) is 13.2 Å². The van der Waals surface area contributed by atoms with E-state index < -0.39 is 12.0 Å². The number of hydrogen-bond acceptors (Lipinski definition) is 4. The molecule has 0 saturated heterocycles. The van der Waals surface area contributed by atoms with Gasteiger partial charge in [0.15, 0.2) is 0 Å². The molecule has 0 heterocycles. The number of hydrogen-bond donors (Lipinski definition) is 3. The van der Waals surface area contributed by atoms with E-state index in [2.05, 4.69) is 10.6 Å². The van der Waals surface area contributed by atoms with Crippen molar-refractivity contribution in [1.82, 2.24) is 5.32 Å². The maximum atomic E-state index is 11.8. The highest BCUT2D eigenvalue weighted by atomic mass is 16.5. The highest BCUT2D eigenvalue weighted by Crippen LogP contribution is 2.32. The van der Waals surface area contributed by atoms with Gasteiger partial charge in [-0.3, -0.25) is 14.9 Å². The van der Waals surface area contributed by atoms with E-state index in [0.29, 0.717) is 12.3 Å². The van der Waals surface area contributed by atoms with Crippen molar-refractivity contribution in [2.45, 2.75) is 25.8 Å². The standard InChI is InChI=1S/C15H20N2O4/c1-2-21-12-7-5-11(6-8-12)17-13(18)9-16-14(15(19)20)10-3-4-10/h5-8,10,14,16H,2-4,9H2,1H3,(H,17,18)(H,19,20). The molecular weight excluding hydrogens is 272 g/mol. The number of amides is 1. The smallest absolute Gasteiger partial charge is 0.320 e. The van der Waals surface area contributed by atoms with Crippen molar-refractivity contribution >= 4 is 17.6 Å². The van der Waals surface area contributed by atoms with E-state index in [9.17, 15) is 9.59 Å². The molecule has 1 atom stereocenters. The number of nitrogens with one attached hydrogen (secondary N) is 2. The Hall–Kier alpha value is -2.08. The molecule has 6 nitrogen and oxygen atoms in total. The molecule has 1 aromatic carbocycles. The van der Waals surface area contributed by atoms with Crippen molar-refractivity contribution in [3.63, 3.8) is 0 Å². The molecular formula is C15H20N2O4.